The molecule has 0 saturated heterocycles. The van der Waals surface area contributed by atoms with Gasteiger partial charge < -0.3 is 0 Å². The molecule has 0 heterocycles. The van der Waals surface area contributed by atoms with Crippen LogP contribution in [0.15, 0.2) is 4.66 Å². The third kappa shape index (κ3) is 3.09. The molecule has 0 bridgehead atoms. The van der Waals surface area contributed by atoms with E-state index in [9.17, 15) is 0 Å². The van der Waals surface area contributed by atoms with Gasteiger partial charge in [0.05, 0.1) is 5.69 Å². The number of isocyanates is 1. The molecular formula is C2N2OSi. The molecule has 0 saturated carbocycles. The minimum Gasteiger partial charge on any atom is -0.229 e. The van der Waals surface area contributed by atoms with Crippen LogP contribution in [0.5, 0.6) is 0 Å². The minimum atomic E-state index is -0.278. The van der Waals surface area contributed by atoms with E-state index in [2.05, 4.69) is 4.66 Å². The van der Waals surface area contributed by atoms with Crippen molar-refractivity contribution in [2.75, 3.05) is 0 Å². The molecule has 0 N–H and O–H groups in total. The minimum absolute atomic E-state index is 0.278. The van der Waals surface area contributed by atoms with Crippen molar-refractivity contribution in [3.05, 3.63) is 0 Å². The molecular weight excluding hydrogens is 96.1 g/mol. The highest BCUT2D eigenvalue weighted by Crippen LogP contribution is 1.48. The molecule has 0 aromatic heterocycles. The van der Waals surface area contributed by atoms with Gasteiger partial charge in [0.15, 0.2) is 0 Å². The fraction of sp³-hybridized carbons (Fsp3) is 0. The van der Waals surface area contributed by atoms with Gasteiger partial charge in [0.1, 0.15) is 0 Å². The van der Waals surface area contributed by atoms with Crippen molar-refractivity contribution >= 4 is 15.8 Å². The van der Waals surface area contributed by atoms with Crippen LogP contribution in [-0.2, 0) is 4.79 Å². The van der Waals surface area contributed by atoms with Gasteiger partial charge in [0.2, 0.25) is 6.08 Å². The third-order valence-electron chi connectivity index (χ3n) is 0.152. The van der Waals surface area contributed by atoms with Gasteiger partial charge in [-0.2, -0.15) is 0 Å². The van der Waals surface area contributed by atoms with E-state index in [0.717, 1.165) is 0 Å². The van der Waals surface area contributed by atoms with Crippen molar-refractivity contribution in [1.29, 1.82) is 5.26 Å². The summed E-state index contributed by atoms with van der Waals surface area (Å²) < 4.78 is 2.95. The van der Waals surface area contributed by atoms with Crippen molar-refractivity contribution in [3.63, 3.8) is 0 Å². The fourth-order valence-electron chi connectivity index (χ4n) is 0.0478. The number of nitriles is 1. The molecule has 0 spiro atoms. The smallest absolute Gasteiger partial charge is 0.229 e. The number of rotatable bonds is 1. The lowest BCUT2D eigenvalue weighted by molar-refractivity contribution is 0.566. The molecule has 0 rings (SSSR count). The average molecular weight is 96.1 g/mol. The lowest BCUT2D eigenvalue weighted by atomic mass is 11.7. The van der Waals surface area contributed by atoms with Gasteiger partial charge in [0.25, 0.3) is 0 Å². The van der Waals surface area contributed by atoms with Gasteiger partial charge in [-0.15, -0.1) is 0 Å². The van der Waals surface area contributed by atoms with E-state index in [4.69, 9.17) is 10.1 Å². The molecule has 0 aliphatic rings. The summed E-state index contributed by atoms with van der Waals surface area (Å²) in [6.45, 7) is 0. The molecule has 0 unspecified atom stereocenters. The Bertz CT molecular complexity index is 109. The molecule has 2 radical (unpaired) electrons. The van der Waals surface area contributed by atoms with Crippen LogP contribution in [0.4, 0.5) is 0 Å². The van der Waals surface area contributed by atoms with Crippen LogP contribution >= 0.6 is 0 Å². The largest absolute Gasteiger partial charge is 0.365 e. The molecule has 0 aliphatic carbocycles. The second kappa shape index (κ2) is 4.09. The van der Waals surface area contributed by atoms with Crippen LogP contribution in [0.25, 0.3) is 0 Å². The maximum absolute atomic E-state index is 9.13. The number of hydrogen-bond acceptors (Lipinski definition) is 3. The van der Waals surface area contributed by atoms with Gasteiger partial charge in [-0.3, -0.25) is 0 Å². The summed E-state index contributed by atoms with van der Waals surface area (Å²) in [4.78, 5) is 9.13. The highest BCUT2D eigenvalue weighted by molar-refractivity contribution is 6.43. The first-order chi connectivity index (χ1) is 2.91. The van der Waals surface area contributed by atoms with Crippen molar-refractivity contribution < 1.29 is 4.79 Å². The molecule has 6 heavy (non-hydrogen) atoms. The Labute approximate surface area is 37.2 Å². The predicted octanol–water partition coefficient (Wildman–Crippen LogP) is -0.578. The van der Waals surface area contributed by atoms with E-state index < -0.39 is 0 Å². The average Bonchev–Trinajstić information content (AvgIpc) is 1.61. The molecule has 4 heteroatoms. The summed E-state index contributed by atoms with van der Waals surface area (Å²) >= 11 is 0. The maximum Gasteiger partial charge on any atom is 0.365 e. The third-order valence-corrected chi connectivity index (χ3v) is 0.455. The van der Waals surface area contributed by atoms with Crippen LogP contribution in [0.1, 0.15) is 0 Å². The van der Waals surface area contributed by atoms with Crippen LogP contribution in [0.2, 0.25) is 0 Å². The summed E-state index contributed by atoms with van der Waals surface area (Å²) in [7, 11) is -0.278. The Morgan fingerprint density at radius 1 is 1.83 bits per heavy atom. The lowest BCUT2D eigenvalue weighted by Gasteiger charge is -1.51. The van der Waals surface area contributed by atoms with Crippen LogP contribution < -0.4 is 0 Å². The normalized spacial score (nSPS) is 5.17. The number of nitrogens with zero attached hydrogens (tertiary/aromatic N) is 2. The zero-order valence-corrected chi connectivity index (χ0v) is 3.80. The van der Waals surface area contributed by atoms with Crippen molar-refractivity contribution in [2.45, 2.75) is 0 Å². The summed E-state index contributed by atoms with van der Waals surface area (Å²) in [5, 5.41) is 7.69. The molecule has 0 aliphatic heterocycles. The topological polar surface area (TPSA) is 53.2 Å². The lowest BCUT2D eigenvalue weighted by Crippen LogP contribution is -1.72. The Hall–Kier alpha value is -0.913. The van der Waals surface area contributed by atoms with Crippen LogP contribution in [-0.4, -0.2) is 15.8 Å². The fourth-order valence-corrected chi connectivity index (χ4v) is 0.143. The maximum atomic E-state index is 9.13. The first-order valence-corrected chi connectivity index (χ1v) is 2.07. The quantitative estimate of drug-likeness (QED) is 0.249. The molecule has 3 nitrogen and oxygen atoms in total. The molecule has 0 atom stereocenters. The second-order valence-electron chi connectivity index (χ2n) is 0.427. The van der Waals surface area contributed by atoms with Gasteiger partial charge >= 0.3 is 9.68 Å². The van der Waals surface area contributed by atoms with E-state index in [-0.39, 0.29) is 9.68 Å². The van der Waals surface area contributed by atoms with Gasteiger partial charge in [0, 0.05) is 0 Å². The number of carbonyl (C=O) groups excluding carboxylic acids is 1. The van der Waals surface area contributed by atoms with Crippen molar-refractivity contribution in [3.8, 4) is 5.69 Å². The van der Waals surface area contributed by atoms with E-state index in [1.54, 1.807) is 5.69 Å². The first-order valence-electron chi connectivity index (χ1n) is 1.12. The molecule has 0 aromatic rings. The monoisotopic (exact) mass is 96.0 g/mol. The summed E-state index contributed by atoms with van der Waals surface area (Å²) in [6.07, 6.45) is 1.23. The van der Waals surface area contributed by atoms with Gasteiger partial charge in [-0.1, -0.05) is 0 Å². The van der Waals surface area contributed by atoms with E-state index >= 15 is 0 Å². The standard InChI is InChI=1S/C2N2OSi/c3-1-6-4-2-5. The van der Waals surface area contributed by atoms with Crippen molar-refractivity contribution in [2.24, 2.45) is 4.66 Å². The zero-order chi connectivity index (χ0) is 4.83. The summed E-state index contributed by atoms with van der Waals surface area (Å²) in [5.41, 5.74) is 1.67. The zero-order valence-electron chi connectivity index (χ0n) is 2.80. The SMILES string of the molecule is N#C[Si]N=C=O. The molecule has 28 valence electrons. The van der Waals surface area contributed by atoms with Crippen molar-refractivity contribution in [1.82, 2.24) is 0 Å². The summed E-state index contributed by atoms with van der Waals surface area (Å²) in [6, 6.07) is 0. The first kappa shape index (κ1) is 5.09. The van der Waals surface area contributed by atoms with E-state index in [1.165, 1.54) is 6.08 Å². The van der Waals surface area contributed by atoms with E-state index in [0.29, 0.717) is 0 Å². The molecule has 0 aromatic carbocycles. The van der Waals surface area contributed by atoms with Crippen LogP contribution in [0.3, 0.4) is 0 Å². The Morgan fingerprint density at radius 3 is 2.67 bits per heavy atom. The van der Waals surface area contributed by atoms with Gasteiger partial charge in [-0.25, -0.2) is 14.7 Å². The van der Waals surface area contributed by atoms with Crippen LogP contribution in [0, 0.1) is 11.0 Å². The van der Waals surface area contributed by atoms with E-state index in [1.807, 2.05) is 0 Å². The predicted molar refractivity (Wildman–Crippen MR) is 19.5 cm³/mol. The Balaban J connectivity index is 3.16. The molecule has 0 fully saturated rings. The highest BCUT2D eigenvalue weighted by Gasteiger charge is 1.70. The second-order valence-corrected chi connectivity index (χ2v) is 1.10. The Kier molecular flexibility index (Phi) is 3.46. The highest BCUT2D eigenvalue weighted by atomic mass is 28.2. The van der Waals surface area contributed by atoms with Gasteiger partial charge in [-0.05, 0) is 0 Å². The number of hydrogen-bond donors (Lipinski definition) is 0. The molecule has 0 amide bonds. The summed E-state index contributed by atoms with van der Waals surface area (Å²) in [5.74, 6) is 0. The Morgan fingerprint density at radius 2 is 2.50 bits per heavy atom.